The molecule has 35 heavy (non-hydrogen) atoms. The van der Waals surface area contributed by atoms with E-state index in [2.05, 4.69) is 10.6 Å². The second kappa shape index (κ2) is 10.9. The Morgan fingerprint density at radius 3 is 2.63 bits per heavy atom. The van der Waals surface area contributed by atoms with Crippen molar-refractivity contribution >= 4 is 23.4 Å². The number of carbonyl (C=O) groups excluding carboxylic acids is 3. The van der Waals surface area contributed by atoms with Gasteiger partial charge in [-0.3, -0.25) is 14.4 Å². The molecule has 0 unspecified atom stereocenters. The molecule has 186 valence electrons. The van der Waals surface area contributed by atoms with Gasteiger partial charge in [0, 0.05) is 19.2 Å². The number of amides is 3. The van der Waals surface area contributed by atoms with Gasteiger partial charge in [-0.05, 0) is 43.5 Å². The third-order valence-corrected chi connectivity index (χ3v) is 6.71. The predicted octanol–water partition coefficient (Wildman–Crippen LogP) is 3.68. The van der Waals surface area contributed by atoms with E-state index < -0.39 is 0 Å². The zero-order valence-corrected chi connectivity index (χ0v) is 20.5. The zero-order valence-electron chi connectivity index (χ0n) is 20.5. The van der Waals surface area contributed by atoms with Crippen molar-refractivity contribution in [2.45, 2.75) is 63.8 Å². The molecular formula is C27H33N3O5. The van der Waals surface area contributed by atoms with Crippen molar-refractivity contribution in [1.82, 2.24) is 10.2 Å². The Labute approximate surface area is 206 Å². The van der Waals surface area contributed by atoms with Crippen LogP contribution in [0.25, 0.3) is 0 Å². The molecule has 2 heterocycles. The van der Waals surface area contributed by atoms with Crippen molar-refractivity contribution < 1.29 is 23.9 Å². The van der Waals surface area contributed by atoms with Crippen LogP contribution < -0.4 is 15.4 Å². The fourth-order valence-corrected chi connectivity index (χ4v) is 4.69. The van der Waals surface area contributed by atoms with Gasteiger partial charge >= 0.3 is 0 Å². The first-order valence-electron chi connectivity index (χ1n) is 12.2. The van der Waals surface area contributed by atoms with Crippen LogP contribution >= 0.6 is 0 Å². The zero-order chi connectivity index (χ0) is 24.9. The smallest absolute Gasteiger partial charge is 0.257 e. The molecule has 2 aromatic carbocycles. The molecule has 0 spiro atoms. The number of hydrogen-bond donors (Lipinski definition) is 2. The maximum absolute atomic E-state index is 13.3. The highest BCUT2D eigenvalue weighted by atomic mass is 16.5. The van der Waals surface area contributed by atoms with Gasteiger partial charge in [-0.1, -0.05) is 37.3 Å². The van der Waals surface area contributed by atoms with Crippen LogP contribution in [0.5, 0.6) is 5.75 Å². The lowest BCUT2D eigenvalue weighted by atomic mass is 9.94. The third kappa shape index (κ3) is 5.82. The number of fused-ring (bicyclic) bond motifs is 2. The molecule has 2 aliphatic rings. The second-order valence-electron chi connectivity index (χ2n) is 9.18. The van der Waals surface area contributed by atoms with Crippen molar-refractivity contribution in [1.29, 1.82) is 0 Å². The number of benzene rings is 2. The quantitative estimate of drug-likeness (QED) is 0.659. The molecule has 1 saturated heterocycles. The van der Waals surface area contributed by atoms with Crippen molar-refractivity contribution in [2.75, 3.05) is 19.0 Å². The summed E-state index contributed by atoms with van der Waals surface area (Å²) in [4.78, 5) is 39.4. The molecule has 8 nitrogen and oxygen atoms in total. The van der Waals surface area contributed by atoms with Gasteiger partial charge in [0.1, 0.15) is 18.5 Å². The van der Waals surface area contributed by atoms with Crippen LogP contribution in [-0.4, -0.2) is 54.5 Å². The molecule has 0 radical (unpaired) electrons. The van der Waals surface area contributed by atoms with Crippen molar-refractivity contribution in [3.63, 3.8) is 0 Å². The highest BCUT2D eigenvalue weighted by Crippen LogP contribution is 2.32. The molecule has 0 aromatic heterocycles. The minimum absolute atomic E-state index is 0.0620. The van der Waals surface area contributed by atoms with E-state index in [1.54, 1.807) is 37.1 Å². The Bertz CT molecular complexity index is 1070. The monoisotopic (exact) mass is 479 g/mol. The lowest BCUT2D eigenvalue weighted by Gasteiger charge is -2.42. The van der Waals surface area contributed by atoms with E-state index in [1.807, 2.05) is 37.3 Å². The number of rotatable bonds is 6. The van der Waals surface area contributed by atoms with Crippen LogP contribution in [0.15, 0.2) is 48.5 Å². The Kier molecular flexibility index (Phi) is 7.70. The number of carbonyl (C=O) groups is 3. The second-order valence-corrected chi connectivity index (χ2v) is 9.18. The van der Waals surface area contributed by atoms with Gasteiger partial charge in [0.15, 0.2) is 0 Å². The van der Waals surface area contributed by atoms with E-state index in [-0.39, 0.29) is 55.0 Å². The molecule has 0 aliphatic carbocycles. The predicted molar refractivity (Wildman–Crippen MR) is 132 cm³/mol. The minimum Gasteiger partial charge on any atom is -0.490 e. The molecule has 2 aromatic rings. The molecule has 0 saturated carbocycles. The summed E-state index contributed by atoms with van der Waals surface area (Å²) in [5, 5.41) is 5.83. The summed E-state index contributed by atoms with van der Waals surface area (Å²) >= 11 is 0. The van der Waals surface area contributed by atoms with E-state index in [9.17, 15) is 14.4 Å². The molecular weight excluding hydrogens is 446 g/mol. The highest BCUT2D eigenvalue weighted by molar-refractivity contribution is 5.99. The number of nitrogens with one attached hydrogen (secondary N) is 2. The molecule has 1 fully saturated rings. The van der Waals surface area contributed by atoms with Gasteiger partial charge < -0.3 is 25.0 Å². The molecule has 0 bridgehead atoms. The summed E-state index contributed by atoms with van der Waals surface area (Å²) < 4.78 is 12.3. The Balaban J connectivity index is 1.40. The summed E-state index contributed by atoms with van der Waals surface area (Å²) in [7, 11) is 1.77. The van der Waals surface area contributed by atoms with Gasteiger partial charge in [-0.15, -0.1) is 0 Å². The van der Waals surface area contributed by atoms with E-state index in [0.29, 0.717) is 36.3 Å². The maximum Gasteiger partial charge on any atom is 0.257 e. The minimum atomic E-state index is -0.338. The van der Waals surface area contributed by atoms with E-state index in [4.69, 9.17) is 9.47 Å². The molecule has 8 heteroatoms. The van der Waals surface area contributed by atoms with Crippen LogP contribution in [0.2, 0.25) is 0 Å². The van der Waals surface area contributed by atoms with Gasteiger partial charge in [0.25, 0.3) is 5.91 Å². The number of hydrogen-bond acceptors (Lipinski definition) is 5. The van der Waals surface area contributed by atoms with Gasteiger partial charge in [0.2, 0.25) is 11.8 Å². The van der Waals surface area contributed by atoms with Crippen LogP contribution in [0, 0.1) is 0 Å². The summed E-state index contributed by atoms with van der Waals surface area (Å²) in [6.07, 6.45) is 1.42. The highest BCUT2D eigenvalue weighted by Gasteiger charge is 2.39. The third-order valence-electron chi connectivity index (χ3n) is 6.71. The van der Waals surface area contributed by atoms with Crippen molar-refractivity contribution in [3.05, 3.63) is 59.7 Å². The molecule has 2 N–H and O–H groups in total. The van der Waals surface area contributed by atoms with E-state index in [1.165, 1.54) is 0 Å². The summed E-state index contributed by atoms with van der Waals surface area (Å²) in [5.74, 6) is 0.0909. The largest absolute Gasteiger partial charge is 0.490 e. The summed E-state index contributed by atoms with van der Waals surface area (Å²) in [5.41, 5.74) is 2.03. The normalized spacial score (nSPS) is 22.5. The van der Waals surface area contributed by atoms with Crippen LogP contribution in [0.4, 0.5) is 5.69 Å². The Morgan fingerprint density at radius 1 is 1.11 bits per heavy atom. The number of likely N-dealkylation sites (N-methyl/N-ethyl adjacent to an activating group) is 1. The molecule has 4 rings (SSSR count). The molecule has 4 atom stereocenters. The summed E-state index contributed by atoms with van der Waals surface area (Å²) in [6.45, 7) is 4.01. The SMILES string of the molecule is CCC(=O)Nc1ccc2c(c1)C(=O)N(C)[C@H]1CC[C@@H](CC(=O)N[C@H](C)c3ccccc3)O[C@H]1CO2. The topological polar surface area (TPSA) is 97.0 Å². The average molecular weight is 480 g/mol. The summed E-state index contributed by atoms with van der Waals surface area (Å²) in [6, 6.07) is 14.7. The van der Waals surface area contributed by atoms with Gasteiger partial charge in [-0.25, -0.2) is 0 Å². The number of ether oxygens (including phenoxy) is 2. The van der Waals surface area contributed by atoms with Crippen molar-refractivity contribution in [2.24, 2.45) is 0 Å². The van der Waals surface area contributed by atoms with Crippen LogP contribution in [0.1, 0.15) is 61.5 Å². The average Bonchev–Trinajstić information content (AvgIpc) is 2.86. The van der Waals surface area contributed by atoms with Crippen LogP contribution in [0.3, 0.4) is 0 Å². The number of anilines is 1. The van der Waals surface area contributed by atoms with Crippen LogP contribution in [-0.2, 0) is 14.3 Å². The first-order valence-corrected chi connectivity index (χ1v) is 12.2. The maximum atomic E-state index is 13.3. The lowest BCUT2D eigenvalue weighted by molar-refractivity contribution is -0.134. The van der Waals surface area contributed by atoms with Gasteiger partial charge in [-0.2, -0.15) is 0 Å². The first kappa shape index (κ1) is 24.7. The number of nitrogens with zero attached hydrogens (tertiary/aromatic N) is 1. The molecule has 2 aliphatic heterocycles. The molecule has 3 amide bonds. The first-order chi connectivity index (χ1) is 16.9. The Hall–Kier alpha value is -3.39. The van der Waals surface area contributed by atoms with Crippen molar-refractivity contribution in [3.8, 4) is 5.75 Å². The van der Waals surface area contributed by atoms with E-state index >= 15 is 0 Å². The lowest BCUT2D eigenvalue weighted by Crippen LogP contribution is -2.54. The fraction of sp³-hybridized carbons (Fsp3) is 0.444. The van der Waals surface area contributed by atoms with Gasteiger partial charge in [0.05, 0.1) is 30.2 Å². The standard InChI is InChI=1S/C27H33N3O5/c1-4-25(31)29-19-10-13-23-21(14-19)27(33)30(3)22-12-11-20(35-24(22)16-34-23)15-26(32)28-17(2)18-8-6-5-7-9-18/h5-10,13-14,17,20,22,24H,4,11-12,15-16H2,1-3H3,(H,28,32)(H,29,31)/t17-,20+,22+,24+/m1/s1. The Morgan fingerprint density at radius 2 is 1.89 bits per heavy atom. The fourth-order valence-electron chi connectivity index (χ4n) is 4.69. The van der Waals surface area contributed by atoms with E-state index in [0.717, 1.165) is 5.56 Å².